The predicted molar refractivity (Wildman–Crippen MR) is 115 cm³/mol. The molecule has 9 heteroatoms. The van der Waals surface area contributed by atoms with Gasteiger partial charge in [0, 0.05) is 30.2 Å². The van der Waals surface area contributed by atoms with Crippen molar-refractivity contribution in [3.8, 4) is 5.75 Å². The van der Waals surface area contributed by atoms with Gasteiger partial charge in [0.15, 0.2) is 17.0 Å². The summed E-state index contributed by atoms with van der Waals surface area (Å²) in [4.78, 5) is 13.6. The first-order valence-corrected chi connectivity index (χ1v) is 10.2. The Morgan fingerprint density at radius 1 is 1.21 bits per heavy atom. The molecule has 8 nitrogen and oxygen atoms in total. The summed E-state index contributed by atoms with van der Waals surface area (Å²) < 4.78 is 2.02. The van der Waals surface area contributed by atoms with E-state index in [1.54, 1.807) is 31.5 Å². The van der Waals surface area contributed by atoms with E-state index in [1.165, 1.54) is 0 Å². The molecule has 1 aromatic carbocycles. The predicted octanol–water partition coefficient (Wildman–Crippen LogP) is 3.78. The van der Waals surface area contributed by atoms with E-state index >= 15 is 0 Å². The number of anilines is 2. The standard InChI is InChI=1S/C20H27ClN6O2/c1-3-4-5-8-27-12-24-17-18(22-11-14-9-15(21)6-7-16(14)29)25-20(26-19(17)27)23-10-13(2)28/h6-7,9,12-13,28-29H,3-5,8,10-11H2,1-2H3,(H2,22,23,25,26). The number of aromatic nitrogens is 4. The highest BCUT2D eigenvalue weighted by Crippen LogP contribution is 2.25. The van der Waals surface area contributed by atoms with Crippen molar-refractivity contribution in [2.75, 3.05) is 17.2 Å². The van der Waals surface area contributed by atoms with E-state index in [9.17, 15) is 10.2 Å². The summed E-state index contributed by atoms with van der Waals surface area (Å²) in [6.07, 6.45) is 4.57. The van der Waals surface area contributed by atoms with Crippen LogP contribution in [0, 0.1) is 0 Å². The lowest BCUT2D eigenvalue weighted by Crippen LogP contribution is -2.17. The number of benzene rings is 1. The van der Waals surface area contributed by atoms with Crippen molar-refractivity contribution in [3.05, 3.63) is 35.1 Å². The first-order valence-electron chi connectivity index (χ1n) is 9.84. The van der Waals surface area contributed by atoms with Crippen LogP contribution >= 0.6 is 11.6 Å². The number of phenolic OH excluding ortho intramolecular Hbond substituents is 1. The summed E-state index contributed by atoms with van der Waals surface area (Å²) in [6, 6.07) is 4.91. The maximum absolute atomic E-state index is 10.1. The van der Waals surface area contributed by atoms with Gasteiger partial charge in [-0.05, 0) is 31.5 Å². The zero-order valence-corrected chi connectivity index (χ0v) is 17.4. The fourth-order valence-electron chi connectivity index (χ4n) is 2.96. The molecule has 0 saturated heterocycles. The van der Waals surface area contributed by atoms with E-state index in [-0.39, 0.29) is 5.75 Å². The number of hydrogen-bond donors (Lipinski definition) is 4. The van der Waals surface area contributed by atoms with E-state index in [1.807, 2.05) is 4.57 Å². The minimum Gasteiger partial charge on any atom is -0.508 e. The van der Waals surface area contributed by atoms with Crippen LogP contribution in [-0.2, 0) is 13.1 Å². The third kappa shape index (κ3) is 5.48. The normalized spacial score (nSPS) is 12.3. The number of fused-ring (bicyclic) bond motifs is 1. The summed E-state index contributed by atoms with van der Waals surface area (Å²) in [5, 5.41) is 26.5. The number of rotatable bonds is 10. The minimum absolute atomic E-state index is 0.157. The molecule has 0 aliphatic carbocycles. The molecule has 156 valence electrons. The molecular weight excluding hydrogens is 392 g/mol. The van der Waals surface area contributed by atoms with Gasteiger partial charge in [-0.1, -0.05) is 31.4 Å². The number of halogens is 1. The topological polar surface area (TPSA) is 108 Å². The maximum atomic E-state index is 10.1. The van der Waals surface area contributed by atoms with E-state index in [4.69, 9.17) is 11.6 Å². The molecule has 1 atom stereocenters. The Labute approximate surface area is 175 Å². The molecule has 0 radical (unpaired) electrons. The first-order chi connectivity index (χ1) is 14.0. The van der Waals surface area contributed by atoms with Crippen molar-refractivity contribution in [3.63, 3.8) is 0 Å². The number of aryl methyl sites for hydroxylation is 1. The number of unbranched alkanes of at least 4 members (excludes halogenated alkanes) is 2. The van der Waals surface area contributed by atoms with Gasteiger partial charge in [0.1, 0.15) is 5.75 Å². The van der Waals surface area contributed by atoms with Crippen LogP contribution in [-0.4, -0.2) is 42.4 Å². The van der Waals surface area contributed by atoms with Crippen molar-refractivity contribution in [1.29, 1.82) is 0 Å². The van der Waals surface area contributed by atoms with Gasteiger partial charge in [-0.15, -0.1) is 0 Å². The Kier molecular flexibility index (Phi) is 7.11. The van der Waals surface area contributed by atoms with Crippen LogP contribution in [0.4, 0.5) is 11.8 Å². The third-order valence-electron chi connectivity index (χ3n) is 4.51. The largest absolute Gasteiger partial charge is 0.508 e. The van der Waals surface area contributed by atoms with Gasteiger partial charge in [-0.3, -0.25) is 0 Å². The average Bonchev–Trinajstić information content (AvgIpc) is 3.10. The lowest BCUT2D eigenvalue weighted by Gasteiger charge is -2.12. The van der Waals surface area contributed by atoms with E-state index < -0.39 is 6.10 Å². The molecule has 0 aliphatic heterocycles. The third-order valence-corrected chi connectivity index (χ3v) is 4.74. The number of aliphatic hydroxyl groups excluding tert-OH is 1. The SMILES string of the molecule is CCCCCn1cnc2c(NCc3cc(Cl)ccc3O)nc(NCC(C)O)nc21. The van der Waals surface area contributed by atoms with Crippen LogP contribution in [0.15, 0.2) is 24.5 Å². The van der Waals surface area contributed by atoms with Gasteiger partial charge in [0.25, 0.3) is 0 Å². The van der Waals surface area contributed by atoms with Gasteiger partial charge >= 0.3 is 0 Å². The molecule has 2 aromatic heterocycles. The summed E-state index contributed by atoms with van der Waals surface area (Å²) >= 11 is 6.04. The monoisotopic (exact) mass is 418 g/mol. The van der Waals surface area contributed by atoms with Crippen molar-refractivity contribution in [2.45, 2.75) is 52.3 Å². The molecular formula is C20H27ClN6O2. The number of nitrogens with one attached hydrogen (secondary N) is 2. The Bertz CT molecular complexity index is 960. The van der Waals surface area contributed by atoms with E-state index in [2.05, 4.69) is 32.5 Å². The zero-order chi connectivity index (χ0) is 20.8. The molecule has 0 bridgehead atoms. The van der Waals surface area contributed by atoms with Crippen molar-refractivity contribution < 1.29 is 10.2 Å². The lowest BCUT2D eigenvalue weighted by molar-refractivity contribution is 0.208. The second-order valence-electron chi connectivity index (χ2n) is 7.07. The highest BCUT2D eigenvalue weighted by Gasteiger charge is 2.14. The Morgan fingerprint density at radius 3 is 2.79 bits per heavy atom. The van der Waals surface area contributed by atoms with Crippen LogP contribution in [0.5, 0.6) is 5.75 Å². The van der Waals surface area contributed by atoms with Crippen LogP contribution in [0.2, 0.25) is 5.02 Å². The highest BCUT2D eigenvalue weighted by atomic mass is 35.5. The molecule has 3 rings (SSSR count). The van der Waals surface area contributed by atoms with Crippen LogP contribution in [0.3, 0.4) is 0 Å². The number of aromatic hydroxyl groups is 1. The summed E-state index contributed by atoms with van der Waals surface area (Å²) in [5.41, 5.74) is 2.04. The van der Waals surface area contributed by atoms with Gasteiger partial charge in [-0.25, -0.2) is 4.98 Å². The molecule has 0 fully saturated rings. The fourth-order valence-corrected chi connectivity index (χ4v) is 3.15. The molecule has 4 N–H and O–H groups in total. The fraction of sp³-hybridized carbons (Fsp3) is 0.450. The van der Waals surface area contributed by atoms with Gasteiger partial charge in [-0.2, -0.15) is 9.97 Å². The molecule has 29 heavy (non-hydrogen) atoms. The summed E-state index contributed by atoms with van der Waals surface area (Å²) in [5.74, 6) is 1.12. The Balaban J connectivity index is 1.89. The van der Waals surface area contributed by atoms with Crippen molar-refractivity contribution >= 4 is 34.5 Å². The number of imidazole rings is 1. The average molecular weight is 419 g/mol. The van der Waals surface area contributed by atoms with Crippen LogP contribution in [0.25, 0.3) is 11.2 Å². The van der Waals surface area contributed by atoms with Gasteiger partial charge < -0.3 is 25.4 Å². The number of phenols is 1. The van der Waals surface area contributed by atoms with Crippen LogP contribution < -0.4 is 10.6 Å². The smallest absolute Gasteiger partial charge is 0.226 e. The summed E-state index contributed by atoms with van der Waals surface area (Å²) in [7, 11) is 0. The molecule has 0 amide bonds. The quantitative estimate of drug-likeness (QED) is 0.371. The molecule has 3 aromatic rings. The first kappa shape index (κ1) is 21.1. The Morgan fingerprint density at radius 2 is 2.03 bits per heavy atom. The van der Waals surface area contributed by atoms with Crippen LogP contribution in [0.1, 0.15) is 38.7 Å². The Hall–Kier alpha value is -2.58. The maximum Gasteiger partial charge on any atom is 0.226 e. The highest BCUT2D eigenvalue weighted by molar-refractivity contribution is 6.30. The number of nitrogens with zero attached hydrogens (tertiary/aromatic N) is 4. The molecule has 0 saturated carbocycles. The minimum atomic E-state index is -0.524. The lowest BCUT2D eigenvalue weighted by atomic mass is 10.2. The van der Waals surface area contributed by atoms with Crippen molar-refractivity contribution in [1.82, 2.24) is 19.5 Å². The molecule has 0 aliphatic rings. The molecule has 0 spiro atoms. The number of hydrogen-bond acceptors (Lipinski definition) is 7. The van der Waals surface area contributed by atoms with Crippen molar-refractivity contribution in [2.24, 2.45) is 0 Å². The van der Waals surface area contributed by atoms with Gasteiger partial charge in [0.2, 0.25) is 5.95 Å². The zero-order valence-electron chi connectivity index (χ0n) is 16.7. The van der Waals surface area contributed by atoms with E-state index in [0.717, 1.165) is 31.5 Å². The molecule has 2 heterocycles. The summed E-state index contributed by atoms with van der Waals surface area (Å²) in [6.45, 7) is 5.36. The van der Waals surface area contributed by atoms with E-state index in [0.29, 0.717) is 41.0 Å². The second-order valence-corrected chi connectivity index (χ2v) is 7.51. The second kappa shape index (κ2) is 9.76. The number of aliphatic hydroxyl groups is 1. The van der Waals surface area contributed by atoms with Gasteiger partial charge in [0.05, 0.1) is 12.4 Å². The molecule has 1 unspecified atom stereocenters.